The fourth-order valence-electron chi connectivity index (χ4n) is 1.98. The standard InChI is InChI=1S/C15H18O2/c1-3-9-17-14-10-11(4-2)15(16)13-8-6-5-7-12(13)14/h5-8,10,16H,3-4,9H2,1-2H3. The summed E-state index contributed by atoms with van der Waals surface area (Å²) in [6.45, 7) is 4.83. The number of aryl methyl sites for hydroxylation is 1. The molecule has 0 amide bonds. The summed E-state index contributed by atoms with van der Waals surface area (Å²) in [7, 11) is 0. The molecule has 2 aromatic rings. The monoisotopic (exact) mass is 230 g/mol. The molecule has 0 bridgehead atoms. The Morgan fingerprint density at radius 3 is 2.47 bits per heavy atom. The molecule has 0 aromatic heterocycles. The van der Waals surface area contributed by atoms with Gasteiger partial charge in [0.25, 0.3) is 0 Å². The van der Waals surface area contributed by atoms with Gasteiger partial charge in [-0.1, -0.05) is 38.1 Å². The number of ether oxygens (including phenoxy) is 1. The molecule has 2 nitrogen and oxygen atoms in total. The topological polar surface area (TPSA) is 29.5 Å². The molecule has 0 radical (unpaired) electrons. The van der Waals surface area contributed by atoms with Gasteiger partial charge < -0.3 is 9.84 Å². The molecule has 17 heavy (non-hydrogen) atoms. The fourth-order valence-corrected chi connectivity index (χ4v) is 1.98. The molecule has 2 heteroatoms. The average molecular weight is 230 g/mol. The molecule has 0 fully saturated rings. The van der Waals surface area contributed by atoms with Gasteiger partial charge >= 0.3 is 0 Å². The van der Waals surface area contributed by atoms with Crippen molar-refractivity contribution >= 4 is 10.8 Å². The van der Waals surface area contributed by atoms with E-state index in [1.165, 1.54) is 0 Å². The maximum atomic E-state index is 10.1. The molecular formula is C15H18O2. The Hall–Kier alpha value is -1.70. The van der Waals surface area contributed by atoms with Gasteiger partial charge in [-0.3, -0.25) is 0 Å². The summed E-state index contributed by atoms with van der Waals surface area (Å²) >= 11 is 0. The minimum Gasteiger partial charge on any atom is -0.507 e. The second-order valence-electron chi connectivity index (χ2n) is 4.13. The third-order valence-corrected chi connectivity index (χ3v) is 2.90. The molecule has 0 saturated carbocycles. The number of rotatable bonds is 4. The predicted molar refractivity (Wildman–Crippen MR) is 70.8 cm³/mol. The second kappa shape index (κ2) is 5.09. The number of phenols is 1. The van der Waals surface area contributed by atoms with Gasteiger partial charge in [-0.25, -0.2) is 0 Å². The quantitative estimate of drug-likeness (QED) is 0.863. The molecule has 0 aliphatic heterocycles. The molecule has 0 aliphatic rings. The lowest BCUT2D eigenvalue weighted by Gasteiger charge is -2.12. The van der Waals surface area contributed by atoms with Crippen LogP contribution < -0.4 is 4.74 Å². The van der Waals surface area contributed by atoms with Crippen molar-refractivity contribution in [2.24, 2.45) is 0 Å². The third kappa shape index (κ3) is 2.21. The summed E-state index contributed by atoms with van der Waals surface area (Å²) in [5.41, 5.74) is 0.940. The van der Waals surface area contributed by atoms with Crippen LogP contribution in [0.2, 0.25) is 0 Å². The Balaban J connectivity index is 2.60. The van der Waals surface area contributed by atoms with Crippen molar-refractivity contribution in [2.45, 2.75) is 26.7 Å². The molecule has 0 aliphatic carbocycles. The van der Waals surface area contributed by atoms with Crippen LogP contribution in [0.3, 0.4) is 0 Å². The Bertz CT molecular complexity index is 518. The zero-order valence-corrected chi connectivity index (χ0v) is 10.4. The van der Waals surface area contributed by atoms with Crippen LogP contribution in [0.4, 0.5) is 0 Å². The number of fused-ring (bicyclic) bond motifs is 1. The SMILES string of the molecule is CCCOc1cc(CC)c(O)c2ccccc12. The van der Waals surface area contributed by atoms with E-state index in [1.807, 2.05) is 37.3 Å². The summed E-state index contributed by atoms with van der Waals surface area (Å²) in [6.07, 6.45) is 1.79. The Morgan fingerprint density at radius 2 is 1.82 bits per heavy atom. The van der Waals surface area contributed by atoms with E-state index in [0.717, 1.165) is 34.9 Å². The minimum atomic E-state index is 0.381. The van der Waals surface area contributed by atoms with Crippen molar-refractivity contribution in [1.82, 2.24) is 0 Å². The third-order valence-electron chi connectivity index (χ3n) is 2.90. The van der Waals surface area contributed by atoms with Crippen molar-refractivity contribution in [1.29, 1.82) is 0 Å². The molecule has 0 unspecified atom stereocenters. The summed E-state index contributed by atoms with van der Waals surface area (Å²) < 4.78 is 5.75. The van der Waals surface area contributed by atoms with Crippen LogP contribution in [-0.2, 0) is 6.42 Å². The van der Waals surface area contributed by atoms with Gasteiger partial charge in [-0.2, -0.15) is 0 Å². The zero-order chi connectivity index (χ0) is 12.3. The van der Waals surface area contributed by atoms with Crippen molar-refractivity contribution in [3.05, 3.63) is 35.9 Å². The van der Waals surface area contributed by atoms with Gasteiger partial charge in [0.05, 0.1) is 6.61 Å². The fraction of sp³-hybridized carbons (Fsp3) is 0.333. The van der Waals surface area contributed by atoms with E-state index in [1.54, 1.807) is 0 Å². The van der Waals surface area contributed by atoms with Crippen LogP contribution in [0.1, 0.15) is 25.8 Å². The van der Waals surface area contributed by atoms with E-state index in [4.69, 9.17) is 4.74 Å². The Labute approximate surface area is 102 Å². The van der Waals surface area contributed by atoms with E-state index in [-0.39, 0.29) is 0 Å². The highest BCUT2D eigenvalue weighted by atomic mass is 16.5. The molecule has 0 atom stereocenters. The van der Waals surface area contributed by atoms with Crippen molar-refractivity contribution in [2.75, 3.05) is 6.61 Å². The normalized spacial score (nSPS) is 10.7. The summed E-state index contributed by atoms with van der Waals surface area (Å²) in [5.74, 6) is 1.25. The van der Waals surface area contributed by atoms with E-state index in [9.17, 15) is 5.11 Å². The number of hydrogen-bond donors (Lipinski definition) is 1. The first-order valence-electron chi connectivity index (χ1n) is 6.14. The summed E-state index contributed by atoms with van der Waals surface area (Å²) in [4.78, 5) is 0. The largest absolute Gasteiger partial charge is 0.507 e. The molecule has 0 spiro atoms. The molecule has 2 aromatic carbocycles. The molecule has 0 heterocycles. The van der Waals surface area contributed by atoms with E-state index in [2.05, 4.69) is 6.92 Å². The lowest BCUT2D eigenvalue weighted by Crippen LogP contribution is -1.97. The zero-order valence-electron chi connectivity index (χ0n) is 10.4. The van der Waals surface area contributed by atoms with E-state index in [0.29, 0.717) is 12.4 Å². The van der Waals surface area contributed by atoms with Gasteiger partial charge in [0, 0.05) is 10.8 Å². The number of phenolic OH excluding ortho intramolecular Hbond substituents is 1. The van der Waals surface area contributed by atoms with Gasteiger partial charge in [-0.05, 0) is 24.5 Å². The lowest BCUT2D eigenvalue weighted by molar-refractivity contribution is 0.320. The predicted octanol–water partition coefficient (Wildman–Crippen LogP) is 3.90. The number of hydrogen-bond acceptors (Lipinski definition) is 2. The van der Waals surface area contributed by atoms with Gasteiger partial charge in [-0.15, -0.1) is 0 Å². The van der Waals surface area contributed by atoms with Crippen molar-refractivity contribution in [3.63, 3.8) is 0 Å². The number of aromatic hydroxyl groups is 1. The van der Waals surface area contributed by atoms with Crippen LogP contribution in [0, 0.1) is 0 Å². The molecular weight excluding hydrogens is 212 g/mol. The van der Waals surface area contributed by atoms with Crippen molar-refractivity contribution < 1.29 is 9.84 Å². The van der Waals surface area contributed by atoms with Gasteiger partial charge in [0.1, 0.15) is 11.5 Å². The first kappa shape index (κ1) is 11.8. The summed E-state index contributed by atoms with van der Waals surface area (Å²) in [6, 6.07) is 9.77. The molecule has 90 valence electrons. The van der Waals surface area contributed by atoms with Crippen LogP contribution in [0.25, 0.3) is 10.8 Å². The molecule has 2 rings (SSSR count). The highest BCUT2D eigenvalue weighted by Crippen LogP contribution is 2.36. The minimum absolute atomic E-state index is 0.381. The van der Waals surface area contributed by atoms with Gasteiger partial charge in [0.2, 0.25) is 0 Å². The first-order chi connectivity index (χ1) is 8.27. The average Bonchev–Trinajstić information content (AvgIpc) is 2.38. The summed E-state index contributed by atoms with van der Waals surface area (Å²) in [5, 5.41) is 12.0. The maximum absolute atomic E-state index is 10.1. The number of benzene rings is 2. The van der Waals surface area contributed by atoms with Crippen LogP contribution >= 0.6 is 0 Å². The first-order valence-corrected chi connectivity index (χ1v) is 6.14. The molecule has 0 saturated heterocycles. The van der Waals surface area contributed by atoms with E-state index < -0.39 is 0 Å². The van der Waals surface area contributed by atoms with Crippen LogP contribution in [0.5, 0.6) is 11.5 Å². The smallest absolute Gasteiger partial charge is 0.127 e. The van der Waals surface area contributed by atoms with Gasteiger partial charge in [0.15, 0.2) is 0 Å². The second-order valence-corrected chi connectivity index (χ2v) is 4.13. The maximum Gasteiger partial charge on any atom is 0.127 e. The van der Waals surface area contributed by atoms with E-state index >= 15 is 0 Å². The van der Waals surface area contributed by atoms with Crippen LogP contribution in [0.15, 0.2) is 30.3 Å². The molecule has 1 N–H and O–H groups in total. The van der Waals surface area contributed by atoms with Crippen LogP contribution in [-0.4, -0.2) is 11.7 Å². The lowest BCUT2D eigenvalue weighted by atomic mass is 10.0. The van der Waals surface area contributed by atoms with Crippen molar-refractivity contribution in [3.8, 4) is 11.5 Å². The highest BCUT2D eigenvalue weighted by Gasteiger charge is 2.10. The Morgan fingerprint density at radius 1 is 1.12 bits per heavy atom. The Kier molecular flexibility index (Phi) is 3.52. The highest BCUT2D eigenvalue weighted by molar-refractivity contribution is 5.94.